The summed E-state index contributed by atoms with van der Waals surface area (Å²) in [5.74, 6) is -1.000. The first kappa shape index (κ1) is 14.8. The second-order valence-corrected chi connectivity index (χ2v) is 6.24. The van der Waals surface area contributed by atoms with Crippen LogP contribution in [0.2, 0.25) is 0 Å². The Kier molecular flexibility index (Phi) is 4.29. The molecule has 20 heavy (non-hydrogen) atoms. The Morgan fingerprint density at radius 1 is 1.20 bits per heavy atom. The van der Waals surface area contributed by atoms with Crippen LogP contribution in [-0.2, 0) is 0 Å². The van der Waals surface area contributed by atoms with Crippen LogP contribution in [0.25, 0.3) is 0 Å². The third-order valence-corrected chi connectivity index (χ3v) is 4.73. The van der Waals surface area contributed by atoms with Crippen LogP contribution in [0.4, 0.5) is 9.80 Å². The molecule has 1 saturated heterocycles. The Labute approximate surface area is 122 Å². The minimum absolute atomic E-state index is 0.204. The molecule has 2 amide bonds. The fourth-order valence-electron chi connectivity index (χ4n) is 2.16. The summed E-state index contributed by atoms with van der Waals surface area (Å²) in [7, 11) is 2.02. The molecule has 0 unspecified atom stereocenters. The zero-order chi connectivity index (χ0) is 14.9. The molecule has 0 spiro atoms. The predicted molar refractivity (Wildman–Crippen MR) is 78.8 cm³/mol. The van der Waals surface area contributed by atoms with Crippen LogP contribution in [0.3, 0.4) is 0 Å². The highest BCUT2D eigenvalue weighted by atomic mass is 32.1. The zero-order valence-corrected chi connectivity index (χ0v) is 12.7. The fraction of sp³-hybridized carbons (Fsp3) is 0.538. The lowest BCUT2D eigenvalue weighted by Gasteiger charge is -2.32. The van der Waals surface area contributed by atoms with Crippen LogP contribution < -0.4 is 5.32 Å². The highest BCUT2D eigenvalue weighted by Crippen LogP contribution is 2.32. The van der Waals surface area contributed by atoms with Crippen LogP contribution >= 0.6 is 11.3 Å². The molecule has 0 bridgehead atoms. The highest BCUT2D eigenvalue weighted by Gasteiger charge is 2.24. The van der Waals surface area contributed by atoms with E-state index >= 15 is 0 Å². The van der Waals surface area contributed by atoms with Gasteiger partial charge in [0.15, 0.2) is 0 Å². The zero-order valence-electron chi connectivity index (χ0n) is 11.9. The van der Waals surface area contributed by atoms with E-state index in [1.54, 1.807) is 11.8 Å². The van der Waals surface area contributed by atoms with Crippen molar-refractivity contribution in [1.29, 1.82) is 0 Å². The molecule has 0 radical (unpaired) electrons. The first-order valence-electron chi connectivity index (χ1n) is 6.48. The number of hydrogen-bond donors (Lipinski definition) is 2. The maximum absolute atomic E-state index is 12.2. The average molecular weight is 297 g/mol. The average Bonchev–Trinajstić information content (AvgIpc) is 2.65. The van der Waals surface area contributed by atoms with Gasteiger partial charge < -0.3 is 14.9 Å². The number of carboxylic acid groups (broad SMARTS) is 1. The standard InChI is InChI=1S/C13H19N3O3S/c1-8-9(2)20-11(10(8)12(17)18)14-13(19)16-6-4-15(3)5-7-16/h4-7H2,1-3H3,(H,14,19)(H,17,18). The van der Waals surface area contributed by atoms with Gasteiger partial charge in [0.05, 0.1) is 5.56 Å². The molecule has 1 aliphatic heterocycles. The molecule has 2 heterocycles. The number of carbonyl (C=O) groups is 2. The number of carboxylic acids is 1. The second kappa shape index (κ2) is 5.80. The summed E-state index contributed by atoms with van der Waals surface area (Å²) in [4.78, 5) is 28.3. The molecule has 0 aliphatic carbocycles. The lowest BCUT2D eigenvalue weighted by molar-refractivity contribution is 0.0697. The number of rotatable bonds is 2. The van der Waals surface area contributed by atoms with Gasteiger partial charge in [0.2, 0.25) is 0 Å². The van der Waals surface area contributed by atoms with Gasteiger partial charge in [-0.3, -0.25) is 5.32 Å². The molecule has 1 fully saturated rings. The van der Waals surface area contributed by atoms with E-state index in [1.807, 2.05) is 14.0 Å². The lowest BCUT2D eigenvalue weighted by Crippen LogP contribution is -2.48. The number of hydrogen-bond acceptors (Lipinski definition) is 4. The van der Waals surface area contributed by atoms with Crippen molar-refractivity contribution in [2.24, 2.45) is 0 Å². The summed E-state index contributed by atoms with van der Waals surface area (Å²) < 4.78 is 0. The third kappa shape index (κ3) is 2.94. The molecule has 7 heteroatoms. The number of thiophene rings is 1. The number of urea groups is 1. The Morgan fingerprint density at radius 2 is 1.80 bits per heavy atom. The molecule has 1 aliphatic rings. The van der Waals surface area contributed by atoms with Crippen LogP contribution in [0.15, 0.2) is 0 Å². The van der Waals surface area contributed by atoms with E-state index in [9.17, 15) is 14.7 Å². The monoisotopic (exact) mass is 297 g/mol. The molecular formula is C13H19N3O3S. The number of piperazine rings is 1. The molecule has 110 valence electrons. The smallest absolute Gasteiger partial charge is 0.338 e. The van der Waals surface area contributed by atoms with Gasteiger partial charge in [-0.05, 0) is 26.5 Å². The molecule has 0 saturated carbocycles. The van der Waals surface area contributed by atoms with Crippen molar-refractivity contribution in [2.45, 2.75) is 13.8 Å². The molecule has 2 rings (SSSR count). The van der Waals surface area contributed by atoms with Gasteiger partial charge in [0.25, 0.3) is 0 Å². The fourth-order valence-corrected chi connectivity index (χ4v) is 3.20. The number of nitrogens with one attached hydrogen (secondary N) is 1. The molecule has 1 aromatic heterocycles. The Hall–Kier alpha value is -1.60. The van der Waals surface area contributed by atoms with Gasteiger partial charge in [-0.2, -0.15) is 0 Å². The Balaban J connectivity index is 2.12. The number of amides is 2. The predicted octanol–water partition coefficient (Wildman–Crippen LogP) is 1.84. The van der Waals surface area contributed by atoms with Crippen LogP contribution in [-0.4, -0.2) is 60.1 Å². The van der Waals surface area contributed by atoms with Crippen LogP contribution in [0.1, 0.15) is 20.8 Å². The lowest BCUT2D eigenvalue weighted by atomic mass is 10.1. The van der Waals surface area contributed by atoms with Crippen molar-refractivity contribution in [3.05, 3.63) is 16.0 Å². The number of anilines is 1. The minimum atomic E-state index is -1.000. The minimum Gasteiger partial charge on any atom is -0.478 e. The van der Waals surface area contributed by atoms with Crippen molar-refractivity contribution < 1.29 is 14.7 Å². The van der Waals surface area contributed by atoms with Crippen molar-refractivity contribution in [3.63, 3.8) is 0 Å². The van der Waals surface area contributed by atoms with Gasteiger partial charge in [-0.1, -0.05) is 0 Å². The number of aromatic carboxylic acids is 1. The van der Waals surface area contributed by atoms with Gasteiger partial charge in [0.1, 0.15) is 5.00 Å². The summed E-state index contributed by atoms with van der Waals surface area (Å²) in [6.45, 7) is 6.62. The van der Waals surface area contributed by atoms with Gasteiger partial charge >= 0.3 is 12.0 Å². The highest BCUT2D eigenvalue weighted by molar-refractivity contribution is 7.16. The molecule has 2 N–H and O–H groups in total. The van der Waals surface area contributed by atoms with E-state index in [0.717, 1.165) is 23.5 Å². The normalized spacial score (nSPS) is 16.2. The Morgan fingerprint density at radius 3 is 2.35 bits per heavy atom. The van der Waals surface area contributed by atoms with E-state index < -0.39 is 5.97 Å². The molecule has 0 atom stereocenters. The summed E-state index contributed by atoms with van der Waals surface area (Å²) in [6.07, 6.45) is 0. The van der Waals surface area contributed by atoms with Crippen LogP contribution in [0.5, 0.6) is 0 Å². The van der Waals surface area contributed by atoms with Crippen molar-refractivity contribution >= 4 is 28.3 Å². The summed E-state index contributed by atoms with van der Waals surface area (Å²) >= 11 is 1.31. The van der Waals surface area contributed by atoms with Gasteiger partial charge in [-0.15, -0.1) is 11.3 Å². The number of nitrogens with zero attached hydrogens (tertiary/aromatic N) is 2. The molecule has 0 aromatic carbocycles. The molecule has 6 nitrogen and oxygen atoms in total. The van der Waals surface area contributed by atoms with Crippen molar-refractivity contribution in [2.75, 3.05) is 38.5 Å². The third-order valence-electron chi connectivity index (χ3n) is 3.61. The first-order valence-corrected chi connectivity index (χ1v) is 7.29. The maximum Gasteiger partial charge on any atom is 0.338 e. The van der Waals surface area contributed by atoms with E-state index in [1.165, 1.54) is 11.3 Å². The van der Waals surface area contributed by atoms with E-state index in [4.69, 9.17) is 0 Å². The largest absolute Gasteiger partial charge is 0.478 e. The summed E-state index contributed by atoms with van der Waals surface area (Å²) in [5.41, 5.74) is 0.922. The van der Waals surface area contributed by atoms with E-state index in [-0.39, 0.29) is 11.6 Å². The molecular weight excluding hydrogens is 278 g/mol. The quantitative estimate of drug-likeness (QED) is 0.873. The van der Waals surface area contributed by atoms with Gasteiger partial charge in [-0.25, -0.2) is 9.59 Å². The Bertz CT molecular complexity index is 533. The number of carbonyl (C=O) groups excluding carboxylic acids is 1. The van der Waals surface area contributed by atoms with Crippen molar-refractivity contribution in [1.82, 2.24) is 9.80 Å². The topological polar surface area (TPSA) is 72.9 Å². The number of aryl methyl sites for hydroxylation is 1. The second-order valence-electron chi connectivity index (χ2n) is 5.01. The van der Waals surface area contributed by atoms with E-state index in [0.29, 0.717) is 18.1 Å². The van der Waals surface area contributed by atoms with Crippen LogP contribution in [0, 0.1) is 13.8 Å². The van der Waals surface area contributed by atoms with Crippen molar-refractivity contribution in [3.8, 4) is 0 Å². The molecule has 1 aromatic rings. The SMILES string of the molecule is Cc1sc(NC(=O)N2CCN(C)CC2)c(C(=O)O)c1C. The maximum atomic E-state index is 12.2. The summed E-state index contributed by atoms with van der Waals surface area (Å²) in [5, 5.41) is 12.4. The number of likely N-dealkylation sites (N-methyl/N-ethyl adjacent to an activating group) is 1. The van der Waals surface area contributed by atoms with E-state index in [2.05, 4.69) is 10.2 Å². The first-order chi connectivity index (χ1) is 9.40. The summed E-state index contributed by atoms with van der Waals surface area (Å²) in [6, 6.07) is -0.221. The van der Waals surface area contributed by atoms with Gasteiger partial charge in [0, 0.05) is 31.1 Å².